The zero-order valence-corrected chi connectivity index (χ0v) is 22.2. The zero-order valence-electron chi connectivity index (χ0n) is 20.1. The van der Waals surface area contributed by atoms with Crippen LogP contribution in [0.5, 0.6) is 0 Å². The van der Waals surface area contributed by atoms with E-state index in [4.69, 9.17) is 9.47 Å². The van der Waals surface area contributed by atoms with Crippen molar-refractivity contribution in [2.45, 2.75) is 36.2 Å². The fourth-order valence-corrected chi connectivity index (χ4v) is 4.93. The molecule has 0 aliphatic carbocycles. The molecule has 0 bridgehead atoms. The number of methoxy groups -OCH3 is 1. The number of halogens is 4. The Morgan fingerprint density at radius 3 is 2.53 bits per heavy atom. The van der Waals surface area contributed by atoms with Crippen LogP contribution in [0.2, 0.25) is 0 Å². The van der Waals surface area contributed by atoms with Gasteiger partial charge in [-0.1, -0.05) is 0 Å². The van der Waals surface area contributed by atoms with Gasteiger partial charge in [-0.3, -0.25) is 4.79 Å². The molecule has 6 N–H and O–H groups in total. The monoisotopic (exact) mass is 653 g/mol. The van der Waals surface area contributed by atoms with E-state index >= 15 is 0 Å². The highest BCUT2D eigenvalue weighted by Gasteiger charge is 2.48. The maximum Gasteiger partial charge on any atom is 0.256 e. The van der Waals surface area contributed by atoms with Gasteiger partial charge < -0.3 is 45.4 Å². The minimum Gasteiger partial charge on any atom is -0.394 e. The molecule has 14 heteroatoms. The summed E-state index contributed by atoms with van der Waals surface area (Å²) in [6, 6.07) is 4.97. The fourth-order valence-electron chi connectivity index (χ4n) is 4.48. The molecular weight excluding hydrogens is 626 g/mol. The van der Waals surface area contributed by atoms with Gasteiger partial charge in [-0.25, -0.2) is 13.2 Å². The molecule has 1 unspecified atom stereocenters. The second kappa shape index (κ2) is 11.6. The number of benzene rings is 2. The molecule has 1 amide bonds. The van der Waals surface area contributed by atoms with Crippen molar-refractivity contribution in [3.63, 3.8) is 0 Å². The van der Waals surface area contributed by atoms with Crippen LogP contribution in [0, 0.1) is 21.0 Å². The van der Waals surface area contributed by atoms with Crippen molar-refractivity contribution >= 4 is 39.9 Å². The second-order valence-corrected chi connectivity index (χ2v) is 10.5. The van der Waals surface area contributed by atoms with Gasteiger partial charge in [0.1, 0.15) is 29.7 Å². The lowest BCUT2D eigenvalue weighted by Gasteiger charge is -2.48. The maximum atomic E-state index is 14.7. The van der Waals surface area contributed by atoms with Crippen LogP contribution in [-0.4, -0.2) is 101 Å². The lowest BCUT2D eigenvalue weighted by Crippen LogP contribution is -2.70. The smallest absolute Gasteiger partial charge is 0.256 e. The third kappa shape index (κ3) is 5.77. The first-order valence-corrected chi connectivity index (χ1v) is 12.7. The van der Waals surface area contributed by atoms with Crippen LogP contribution in [0.1, 0.15) is 10.4 Å². The van der Waals surface area contributed by atoms with Crippen molar-refractivity contribution in [2.75, 3.05) is 38.7 Å². The normalized spacial score (nSPS) is 26.7. The van der Waals surface area contributed by atoms with Crippen LogP contribution in [0.25, 0.3) is 0 Å². The molecule has 0 aromatic heterocycles. The van der Waals surface area contributed by atoms with Gasteiger partial charge in [-0.15, -0.1) is 0 Å². The van der Waals surface area contributed by atoms with Crippen molar-refractivity contribution in [3.8, 4) is 0 Å². The van der Waals surface area contributed by atoms with Crippen LogP contribution in [0.3, 0.4) is 0 Å². The lowest BCUT2D eigenvalue weighted by atomic mass is 9.91. The van der Waals surface area contributed by atoms with Gasteiger partial charge in [0.15, 0.2) is 17.9 Å². The summed E-state index contributed by atoms with van der Waals surface area (Å²) < 4.78 is 54.2. The van der Waals surface area contributed by atoms with Gasteiger partial charge in [0, 0.05) is 17.2 Å². The molecule has 2 fully saturated rings. The summed E-state index contributed by atoms with van der Waals surface area (Å²) >= 11 is 1.89. The topological polar surface area (TPSA) is 144 Å². The number of anilines is 2. The maximum absolute atomic E-state index is 14.7. The van der Waals surface area contributed by atoms with Crippen molar-refractivity contribution in [2.24, 2.45) is 0 Å². The molecule has 0 radical (unpaired) electrons. The number of ether oxygens (including phenoxy) is 2. The number of β-amino-alcohol motifs (C(OH)–C–C–N with tert-alkyl or cyclic N) is 1. The number of carbonyl (C=O) groups is 1. The third-order valence-corrected chi connectivity index (χ3v) is 7.22. The van der Waals surface area contributed by atoms with E-state index in [-0.39, 0.29) is 30.9 Å². The molecule has 10 nitrogen and oxygen atoms in total. The highest BCUT2D eigenvalue weighted by molar-refractivity contribution is 14.1. The average Bonchev–Trinajstić information content (AvgIpc) is 2.87. The first kappa shape index (κ1) is 28.9. The quantitative estimate of drug-likeness (QED) is 0.227. The lowest BCUT2D eigenvalue weighted by molar-refractivity contribution is -0.264. The Morgan fingerprint density at radius 2 is 1.89 bits per heavy atom. The van der Waals surface area contributed by atoms with E-state index in [2.05, 4.69) is 10.6 Å². The Bertz CT molecular complexity index is 1190. The van der Waals surface area contributed by atoms with E-state index in [9.17, 15) is 38.4 Å². The Labute approximate surface area is 229 Å². The predicted molar refractivity (Wildman–Crippen MR) is 136 cm³/mol. The third-order valence-electron chi connectivity index (χ3n) is 6.55. The fraction of sp³-hybridized carbons (Fsp3) is 0.458. The van der Waals surface area contributed by atoms with Gasteiger partial charge >= 0.3 is 0 Å². The van der Waals surface area contributed by atoms with Crippen LogP contribution in [-0.2, 0) is 9.47 Å². The van der Waals surface area contributed by atoms with Gasteiger partial charge in [-0.2, -0.15) is 0 Å². The van der Waals surface area contributed by atoms with Crippen molar-refractivity contribution < 1.29 is 47.9 Å². The molecule has 208 valence electrons. The minimum atomic E-state index is -1.46. The van der Waals surface area contributed by atoms with Crippen LogP contribution >= 0.6 is 22.6 Å². The van der Waals surface area contributed by atoms with E-state index in [1.54, 1.807) is 6.07 Å². The molecule has 0 saturated carbocycles. The number of hydrogen-bond donors (Lipinski definition) is 6. The first-order valence-electron chi connectivity index (χ1n) is 11.6. The number of rotatable bonds is 8. The minimum absolute atomic E-state index is 0.144. The van der Waals surface area contributed by atoms with Gasteiger partial charge in [0.2, 0.25) is 0 Å². The van der Waals surface area contributed by atoms with Crippen LogP contribution in [0.15, 0.2) is 30.3 Å². The molecule has 38 heavy (non-hydrogen) atoms. The van der Waals surface area contributed by atoms with E-state index < -0.39 is 71.9 Å². The highest BCUT2D eigenvalue weighted by Crippen LogP contribution is 2.32. The summed E-state index contributed by atoms with van der Waals surface area (Å²) in [4.78, 5) is 14.3. The predicted octanol–water partition coefficient (Wildman–Crippen LogP) is 0.683. The van der Waals surface area contributed by atoms with Crippen molar-refractivity contribution in [1.29, 1.82) is 0 Å². The molecule has 2 saturated heterocycles. The first-order chi connectivity index (χ1) is 18.0. The summed E-state index contributed by atoms with van der Waals surface area (Å²) in [6.07, 6.45) is -4.88. The number of amides is 1. The van der Waals surface area contributed by atoms with Crippen molar-refractivity contribution in [1.82, 2.24) is 10.2 Å². The number of aliphatic hydroxyl groups excluding tert-OH is 3. The SMILES string of the molecule is CO[C@H]1O[C@H](CO)[C@@H](O)[C@H](O)C1NCC1(O)CN(C(=O)c2ccc(F)c(F)c2Nc2ccc(I)cc2F)C1. The van der Waals surface area contributed by atoms with E-state index in [0.717, 1.165) is 12.1 Å². The Morgan fingerprint density at radius 1 is 1.18 bits per heavy atom. The molecular formula is C24H27F3IN3O7. The average molecular weight is 653 g/mol. The molecule has 2 heterocycles. The van der Waals surface area contributed by atoms with E-state index in [1.807, 2.05) is 22.6 Å². The summed E-state index contributed by atoms with van der Waals surface area (Å²) in [5.41, 5.74) is -2.41. The van der Waals surface area contributed by atoms with Crippen molar-refractivity contribution in [3.05, 3.63) is 56.9 Å². The standard InChI is InChI=1S/C24H27F3IN3O7/c1-37-23-19(21(34)20(33)16(7-32)38-23)29-8-24(36)9-31(10-24)22(35)12-3-4-13(25)17(27)18(12)30-15-5-2-11(28)6-14(15)26/h2-6,16,19-21,23,29-30,32-34,36H,7-10H2,1H3/t16-,19?,20-,21-,23+/m1/s1. The molecule has 0 spiro atoms. The summed E-state index contributed by atoms with van der Waals surface area (Å²) in [6.45, 7) is -1.07. The largest absolute Gasteiger partial charge is 0.394 e. The number of hydrogen-bond acceptors (Lipinski definition) is 9. The Kier molecular flexibility index (Phi) is 8.83. The molecule has 2 aliphatic rings. The summed E-state index contributed by atoms with van der Waals surface area (Å²) in [5, 5.41) is 46.0. The Hall–Kier alpha value is -2.05. The molecule has 5 atom stereocenters. The second-order valence-electron chi connectivity index (χ2n) is 9.27. The van der Waals surface area contributed by atoms with Crippen LogP contribution < -0.4 is 10.6 Å². The molecule has 2 aliphatic heterocycles. The molecule has 2 aromatic carbocycles. The molecule has 4 rings (SSSR count). The van der Waals surface area contributed by atoms with Gasteiger partial charge in [0.25, 0.3) is 5.91 Å². The summed E-state index contributed by atoms with van der Waals surface area (Å²) in [5.74, 6) is -4.03. The summed E-state index contributed by atoms with van der Waals surface area (Å²) in [7, 11) is 1.31. The number of aliphatic hydroxyl groups is 4. The van der Waals surface area contributed by atoms with E-state index in [0.29, 0.717) is 3.57 Å². The number of nitrogens with zero attached hydrogens (tertiary/aromatic N) is 1. The van der Waals surface area contributed by atoms with Crippen LogP contribution in [0.4, 0.5) is 24.5 Å². The highest BCUT2D eigenvalue weighted by atomic mass is 127. The Balaban J connectivity index is 1.44. The zero-order chi connectivity index (χ0) is 27.8. The van der Waals surface area contributed by atoms with E-state index in [1.165, 1.54) is 24.1 Å². The number of nitrogens with one attached hydrogen (secondary N) is 2. The van der Waals surface area contributed by atoms with Gasteiger partial charge in [0.05, 0.1) is 42.7 Å². The van der Waals surface area contributed by atoms with Gasteiger partial charge in [-0.05, 0) is 52.9 Å². The molecule has 2 aromatic rings. The number of likely N-dealkylation sites (tertiary alicyclic amines) is 1. The number of carbonyl (C=O) groups excluding carboxylic acids is 1.